The van der Waals surface area contributed by atoms with Crippen molar-refractivity contribution in [2.75, 3.05) is 6.54 Å². The maximum Gasteiger partial charge on any atom is 0.333 e. The lowest BCUT2D eigenvalue weighted by Crippen LogP contribution is -2.54. The molecule has 0 spiro atoms. The number of fused-ring (bicyclic) bond motifs is 3. The zero-order valence-electron chi connectivity index (χ0n) is 22.5. The van der Waals surface area contributed by atoms with Gasteiger partial charge in [-0.2, -0.15) is 31.3 Å². The van der Waals surface area contributed by atoms with Crippen LogP contribution in [0.5, 0.6) is 0 Å². The number of alkyl halides is 2. The molecule has 10 nitrogen and oxygen atoms in total. The first kappa shape index (κ1) is 28.9. The van der Waals surface area contributed by atoms with E-state index >= 15 is 0 Å². The molecule has 43 heavy (non-hydrogen) atoms. The number of aliphatic imine (C=N–C) groups is 1. The summed E-state index contributed by atoms with van der Waals surface area (Å²) in [6.45, 7) is -2.66. The smallest absolute Gasteiger partial charge is 0.333 e. The molecule has 1 aromatic carbocycles. The average molecular weight is 654 g/mol. The fraction of sp³-hybridized carbons (Fsp3) is 0.444. The number of hydrogen-bond acceptors (Lipinski definition) is 8. The lowest BCUT2D eigenvalue weighted by molar-refractivity contribution is 0.0564. The van der Waals surface area contributed by atoms with E-state index in [2.05, 4.69) is 14.8 Å². The van der Waals surface area contributed by atoms with Gasteiger partial charge in [0.15, 0.2) is 10.8 Å². The molecule has 2 bridgehead atoms. The van der Waals surface area contributed by atoms with Gasteiger partial charge in [0.05, 0.1) is 11.8 Å². The van der Waals surface area contributed by atoms with Crippen LogP contribution in [-0.2, 0) is 10.2 Å². The molecule has 4 aliphatic heterocycles. The summed E-state index contributed by atoms with van der Waals surface area (Å²) in [5, 5.41) is 16.8. The number of aliphatic hydroxyl groups is 1. The molecule has 6 heterocycles. The standard InChI is InChI=1S/C27H27ClF3N7O3S2/c28-20-9-14(29)1-4-19(20)24-23(21-5-7-37(34-21)27(30)31)22-10-15(13-36(22)25(33-24)26-32-6-8-42-26)35-43(40,41)38-16-2-3-17(38)12-18(39)11-16/h1,4-9,15-18,24,27,35,39H,2-3,10-13H2/t15-,16?,17?,18?,24-/m0/s1. The Bertz CT molecular complexity index is 1700. The highest BCUT2D eigenvalue weighted by Gasteiger charge is 2.48. The summed E-state index contributed by atoms with van der Waals surface area (Å²) in [6.07, 6.45) is 4.68. The Morgan fingerprint density at radius 3 is 2.58 bits per heavy atom. The van der Waals surface area contributed by atoms with Crippen LogP contribution in [0.1, 0.15) is 61.0 Å². The van der Waals surface area contributed by atoms with Gasteiger partial charge in [0.1, 0.15) is 11.9 Å². The fourth-order valence-electron chi connectivity index (χ4n) is 6.80. The minimum atomic E-state index is -3.92. The van der Waals surface area contributed by atoms with E-state index in [0.717, 1.165) is 12.3 Å². The summed E-state index contributed by atoms with van der Waals surface area (Å²) < 4.78 is 73.6. The highest BCUT2D eigenvalue weighted by Crippen LogP contribution is 2.46. The van der Waals surface area contributed by atoms with Crippen molar-refractivity contribution in [2.45, 2.75) is 68.9 Å². The Balaban J connectivity index is 1.31. The third kappa shape index (κ3) is 5.19. The molecule has 4 aliphatic rings. The summed E-state index contributed by atoms with van der Waals surface area (Å²) in [4.78, 5) is 11.3. The van der Waals surface area contributed by atoms with Crippen molar-refractivity contribution in [3.05, 3.63) is 74.8 Å². The summed E-state index contributed by atoms with van der Waals surface area (Å²) in [5.41, 5.74) is 1.77. The molecule has 0 saturated carbocycles. The van der Waals surface area contributed by atoms with Gasteiger partial charge in [-0.05, 0) is 43.9 Å². The first-order valence-corrected chi connectivity index (χ1v) is 16.5. The average Bonchev–Trinajstić information content (AvgIpc) is 3.74. The van der Waals surface area contributed by atoms with Crippen LogP contribution in [0.15, 0.2) is 52.7 Å². The van der Waals surface area contributed by atoms with Gasteiger partial charge in [-0.15, -0.1) is 11.3 Å². The monoisotopic (exact) mass is 653 g/mol. The topological polar surface area (TPSA) is 116 Å². The van der Waals surface area contributed by atoms with Gasteiger partial charge < -0.3 is 10.0 Å². The predicted molar refractivity (Wildman–Crippen MR) is 154 cm³/mol. The zero-order chi connectivity index (χ0) is 30.0. The van der Waals surface area contributed by atoms with Crippen molar-refractivity contribution in [3.8, 4) is 0 Å². The molecule has 4 atom stereocenters. The zero-order valence-corrected chi connectivity index (χ0v) is 24.9. The van der Waals surface area contributed by atoms with Crippen LogP contribution in [0.2, 0.25) is 5.02 Å². The Morgan fingerprint density at radius 1 is 1.16 bits per heavy atom. The summed E-state index contributed by atoms with van der Waals surface area (Å²) in [7, 11) is -3.92. The van der Waals surface area contributed by atoms with Crippen molar-refractivity contribution in [2.24, 2.45) is 4.99 Å². The van der Waals surface area contributed by atoms with Gasteiger partial charge in [-0.25, -0.2) is 14.1 Å². The fourth-order valence-corrected chi connectivity index (χ4v) is 9.58. The van der Waals surface area contributed by atoms with Crippen LogP contribution in [-0.4, -0.2) is 74.1 Å². The second-order valence-electron chi connectivity index (χ2n) is 11.2. The number of piperidine rings is 1. The van der Waals surface area contributed by atoms with E-state index in [0.29, 0.717) is 58.0 Å². The number of rotatable bonds is 7. The number of nitrogens with one attached hydrogen (secondary N) is 1. The molecule has 228 valence electrons. The van der Waals surface area contributed by atoms with Crippen molar-refractivity contribution in [3.63, 3.8) is 0 Å². The van der Waals surface area contributed by atoms with Crippen molar-refractivity contribution in [1.29, 1.82) is 0 Å². The maximum atomic E-state index is 14.1. The summed E-state index contributed by atoms with van der Waals surface area (Å²) in [5.74, 6) is -0.0728. The molecule has 16 heteroatoms. The molecule has 7 rings (SSSR count). The Morgan fingerprint density at radius 2 is 1.93 bits per heavy atom. The number of nitrogens with zero attached hydrogens (tertiary/aromatic N) is 6. The van der Waals surface area contributed by atoms with Gasteiger partial charge in [0, 0.05) is 70.7 Å². The molecular weight excluding hydrogens is 627 g/mol. The Kier molecular flexibility index (Phi) is 7.37. The molecule has 2 aromatic heterocycles. The molecule has 2 unspecified atom stereocenters. The van der Waals surface area contributed by atoms with E-state index in [1.165, 1.54) is 33.8 Å². The van der Waals surface area contributed by atoms with Crippen molar-refractivity contribution in [1.82, 2.24) is 28.7 Å². The number of aromatic nitrogens is 3. The lowest BCUT2D eigenvalue weighted by atomic mass is 9.92. The van der Waals surface area contributed by atoms with Crippen molar-refractivity contribution < 1.29 is 26.7 Å². The van der Waals surface area contributed by atoms with E-state index in [4.69, 9.17) is 16.6 Å². The van der Waals surface area contributed by atoms with Gasteiger partial charge >= 0.3 is 6.55 Å². The normalized spacial score (nSPS) is 27.7. The molecule has 3 fully saturated rings. The van der Waals surface area contributed by atoms with E-state index < -0.39 is 40.8 Å². The summed E-state index contributed by atoms with van der Waals surface area (Å²) in [6, 6.07) is 3.40. The van der Waals surface area contributed by atoms with Gasteiger partial charge in [-0.3, -0.25) is 4.99 Å². The minimum absolute atomic E-state index is 0.102. The van der Waals surface area contributed by atoms with Gasteiger partial charge in [0.25, 0.3) is 10.2 Å². The molecule has 0 radical (unpaired) electrons. The lowest BCUT2D eigenvalue weighted by Gasteiger charge is -2.36. The SMILES string of the molecule is O=S(=O)(N[C@H]1CC2=C(c3ccn(C(F)F)n3)[C@H](c3ccc(F)cc3Cl)N=C(c3nccs3)N2C1)N1C2CCC1CC(O)C2. The molecule has 2 N–H and O–H groups in total. The van der Waals surface area contributed by atoms with Crippen molar-refractivity contribution >= 4 is 44.6 Å². The number of aliphatic hydroxyl groups excluding tert-OH is 1. The first-order chi connectivity index (χ1) is 20.6. The molecule has 3 saturated heterocycles. The van der Waals surface area contributed by atoms with E-state index in [-0.39, 0.29) is 35.8 Å². The van der Waals surface area contributed by atoms with E-state index in [1.54, 1.807) is 11.6 Å². The largest absolute Gasteiger partial charge is 0.393 e. The number of thiazole rings is 1. The second kappa shape index (κ2) is 11.0. The number of amidine groups is 1. The highest BCUT2D eigenvalue weighted by molar-refractivity contribution is 7.87. The first-order valence-electron chi connectivity index (χ1n) is 13.8. The number of hydrogen-bond donors (Lipinski definition) is 2. The van der Waals surface area contributed by atoms with Gasteiger partial charge in [-0.1, -0.05) is 17.7 Å². The van der Waals surface area contributed by atoms with Crippen LogP contribution in [0.25, 0.3) is 5.57 Å². The predicted octanol–water partition coefficient (Wildman–Crippen LogP) is 4.34. The second-order valence-corrected chi connectivity index (χ2v) is 14.1. The molecule has 0 amide bonds. The summed E-state index contributed by atoms with van der Waals surface area (Å²) >= 11 is 7.86. The van der Waals surface area contributed by atoms with Crippen LogP contribution in [0, 0.1) is 5.82 Å². The van der Waals surface area contributed by atoms with E-state index in [9.17, 15) is 26.7 Å². The molecule has 3 aromatic rings. The minimum Gasteiger partial charge on any atom is -0.393 e. The maximum absolute atomic E-state index is 14.1. The van der Waals surface area contributed by atoms with Gasteiger partial charge in [0.2, 0.25) is 0 Å². The van der Waals surface area contributed by atoms with E-state index in [1.807, 2.05) is 4.90 Å². The van der Waals surface area contributed by atoms with Crippen LogP contribution in [0.3, 0.4) is 0 Å². The van der Waals surface area contributed by atoms with Crippen LogP contribution in [0.4, 0.5) is 13.2 Å². The van der Waals surface area contributed by atoms with Crippen LogP contribution >= 0.6 is 22.9 Å². The number of benzene rings is 1. The molecular formula is C27H27ClF3N7O3S2. The van der Waals surface area contributed by atoms with Crippen LogP contribution < -0.4 is 4.72 Å². The Labute approximate surface area is 254 Å². The molecule has 0 aliphatic carbocycles. The Hall–Kier alpha value is -2.82. The third-order valence-corrected chi connectivity index (χ3v) is 11.3. The number of halogens is 4. The quantitative estimate of drug-likeness (QED) is 0.392. The highest BCUT2D eigenvalue weighted by atomic mass is 35.5. The third-order valence-electron chi connectivity index (χ3n) is 8.46.